The molecule has 0 aliphatic rings. The largest absolute Gasteiger partial charge is 0.373 e. The van der Waals surface area contributed by atoms with Crippen LogP contribution in [0.2, 0.25) is 0 Å². The number of benzene rings is 1. The lowest BCUT2D eigenvalue weighted by Crippen LogP contribution is -2.37. The monoisotopic (exact) mass is 248 g/mol. The normalized spacial score (nSPS) is 12.1. The smallest absolute Gasteiger partial charge is 0.244 e. The van der Waals surface area contributed by atoms with E-state index in [-0.39, 0.29) is 11.9 Å². The van der Waals surface area contributed by atoms with Gasteiger partial charge in [-0.05, 0) is 30.9 Å². The third-order valence-corrected chi connectivity index (χ3v) is 3.17. The Morgan fingerprint density at radius 3 is 2.11 bits per heavy atom. The molecular formula is C15H24N2O. The van der Waals surface area contributed by atoms with Crippen LogP contribution >= 0.6 is 0 Å². The number of carbonyl (C=O) groups excluding carboxylic acids is 1. The van der Waals surface area contributed by atoms with Crippen molar-refractivity contribution in [3.63, 3.8) is 0 Å². The summed E-state index contributed by atoms with van der Waals surface area (Å²) < 4.78 is 0. The van der Waals surface area contributed by atoms with Crippen molar-refractivity contribution in [2.75, 3.05) is 19.4 Å². The maximum absolute atomic E-state index is 11.9. The van der Waals surface area contributed by atoms with Crippen LogP contribution < -0.4 is 5.32 Å². The van der Waals surface area contributed by atoms with Gasteiger partial charge in [0.25, 0.3) is 0 Å². The highest BCUT2D eigenvalue weighted by molar-refractivity contribution is 5.84. The second kappa shape index (κ2) is 6.43. The summed E-state index contributed by atoms with van der Waals surface area (Å²) in [6.07, 6.45) is 1.94. The van der Waals surface area contributed by atoms with Crippen LogP contribution in [0.1, 0.15) is 31.9 Å². The molecule has 3 nitrogen and oxygen atoms in total. The second-order valence-corrected chi connectivity index (χ2v) is 4.76. The first-order chi connectivity index (χ1) is 8.51. The molecule has 0 bridgehead atoms. The van der Waals surface area contributed by atoms with Crippen LogP contribution in [0.15, 0.2) is 18.2 Å². The fraction of sp³-hybridized carbons (Fsp3) is 0.533. The number of hydrogen-bond donors (Lipinski definition) is 1. The van der Waals surface area contributed by atoms with Gasteiger partial charge in [-0.15, -0.1) is 0 Å². The van der Waals surface area contributed by atoms with E-state index in [0.29, 0.717) is 0 Å². The van der Waals surface area contributed by atoms with E-state index in [1.807, 2.05) is 6.92 Å². The van der Waals surface area contributed by atoms with Crippen LogP contribution in [0.3, 0.4) is 0 Å². The quantitative estimate of drug-likeness (QED) is 0.869. The molecule has 0 saturated carbocycles. The molecule has 1 unspecified atom stereocenters. The number of aryl methyl sites for hydroxylation is 2. The van der Waals surface area contributed by atoms with Crippen molar-refractivity contribution in [1.82, 2.24) is 4.90 Å². The minimum Gasteiger partial charge on any atom is -0.373 e. The van der Waals surface area contributed by atoms with Crippen LogP contribution in [-0.2, 0) is 17.6 Å². The van der Waals surface area contributed by atoms with Gasteiger partial charge in [-0.2, -0.15) is 0 Å². The molecule has 0 fully saturated rings. The van der Waals surface area contributed by atoms with Gasteiger partial charge < -0.3 is 10.2 Å². The highest BCUT2D eigenvalue weighted by Gasteiger charge is 2.16. The van der Waals surface area contributed by atoms with Crippen LogP contribution in [0, 0.1) is 0 Å². The van der Waals surface area contributed by atoms with E-state index in [1.165, 1.54) is 11.1 Å². The zero-order valence-electron chi connectivity index (χ0n) is 12.1. The minimum absolute atomic E-state index is 0.1000. The topological polar surface area (TPSA) is 32.3 Å². The first-order valence-corrected chi connectivity index (χ1v) is 6.59. The molecular weight excluding hydrogens is 224 g/mol. The van der Waals surface area contributed by atoms with Crippen molar-refractivity contribution in [2.45, 2.75) is 39.7 Å². The summed E-state index contributed by atoms with van der Waals surface area (Å²) in [5, 5.41) is 3.37. The Balaban J connectivity index is 2.98. The zero-order valence-corrected chi connectivity index (χ0v) is 12.1. The van der Waals surface area contributed by atoms with E-state index < -0.39 is 0 Å². The van der Waals surface area contributed by atoms with Crippen molar-refractivity contribution < 1.29 is 4.79 Å². The molecule has 0 radical (unpaired) electrons. The third kappa shape index (κ3) is 3.25. The molecule has 1 aromatic rings. The van der Waals surface area contributed by atoms with Gasteiger partial charge in [0.2, 0.25) is 5.91 Å². The van der Waals surface area contributed by atoms with E-state index >= 15 is 0 Å². The summed E-state index contributed by atoms with van der Waals surface area (Å²) in [6.45, 7) is 6.19. The molecule has 0 heterocycles. The van der Waals surface area contributed by atoms with Gasteiger partial charge in [-0.3, -0.25) is 4.79 Å². The first kappa shape index (κ1) is 14.6. The maximum Gasteiger partial charge on any atom is 0.244 e. The molecule has 1 rings (SSSR count). The number of likely N-dealkylation sites (N-methyl/N-ethyl adjacent to an activating group) is 1. The van der Waals surface area contributed by atoms with Gasteiger partial charge in [0, 0.05) is 19.8 Å². The standard InChI is InChI=1S/C15H24N2O/c1-6-12-9-8-10-13(7-2)14(12)16-11(3)15(18)17(4)5/h8-11,16H,6-7H2,1-5H3. The summed E-state index contributed by atoms with van der Waals surface area (Å²) in [4.78, 5) is 13.5. The third-order valence-electron chi connectivity index (χ3n) is 3.17. The highest BCUT2D eigenvalue weighted by atomic mass is 16.2. The van der Waals surface area contributed by atoms with Gasteiger partial charge >= 0.3 is 0 Å². The SMILES string of the molecule is CCc1cccc(CC)c1NC(C)C(=O)N(C)C. The first-order valence-electron chi connectivity index (χ1n) is 6.59. The van der Waals surface area contributed by atoms with E-state index in [1.54, 1.807) is 19.0 Å². The Labute approximate surface area is 110 Å². The van der Waals surface area contributed by atoms with Crippen LogP contribution in [0.25, 0.3) is 0 Å². The number of nitrogens with one attached hydrogen (secondary N) is 1. The summed E-state index contributed by atoms with van der Waals surface area (Å²) in [5.74, 6) is 0.1000. The van der Waals surface area contributed by atoms with Crippen molar-refractivity contribution in [2.24, 2.45) is 0 Å². The number of carbonyl (C=O) groups is 1. The lowest BCUT2D eigenvalue weighted by atomic mass is 10.0. The number of para-hydroxylation sites is 1. The number of anilines is 1. The van der Waals surface area contributed by atoms with E-state index in [0.717, 1.165) is 18.5 Å². The Bertz CT molecular complexity index is 391. The van der Waals surface area contributed by atoms with Crippen LogP contribution in [0.4, 0.5) is 5.69 Å². The van der Waals surface area contributed by atoms with Crippen molar-refractivity contribution >= 4 is 11.6 Å². The number of amides is 1. The zero-order chi connectivity index (χ0) is 13.7. The minimum atomic E-state index is -0.196. The van der Waals surface area contributed by atoms with Crippen molar-refractivity contribution in [3.05, 3.63) is 29.3 Å². The average molecular weight is 248 g/mol. The summed E-state index contributed by atoms with van der Waals surface area (Å²) >= 11 is 0. The molecule has 1 aromatic carbocycles. The fourth-order valence-electron chi connectivity index (χ4n) is 2.09. The van der Waals surface area contributed by atoms with Gasteiger partial charge in [-0.1, -0.05) is 32.0 Å². The predicted octanol–water partition coefficient (Wildman–Crippen LogP) is 2.70. The maximum atomic E-state index is 11.9. The second-order valence-electron chi connectivity index (χ2n) is 4.76. The van der Waals surface area contributed by atoms with Crippen molar-refractivity contribution in [1.29, 1.82) is 0 Å². The Morgan fingerprint density at radius 1 is 1.22 bits per heavy atom. The Kier molecular flexibility index (Phi) is 5.20. The molecule has 1 atom stereocenters. The Morgan fingerprint density at radius 2 is 1.72 bits per heavy atom. The van der Waals surface area contributed by atoms with Crippen LogP contribution in [-0.4, -0.2) is 30.9 Å². The fourth-order valence-corrected chi connectivity index (χ4v) is 2.09. The summed E-state index contributed by atoms with van der Waals surface area (Å²) in [7, 11) is 3.57. The molecule has 0 aromatic heterocycles. The van der Waals surface area contributed by atoms with Crippen LogP contribution in [0.5, 0.6) is 0 Å². The van der Waals surface area contributed by atoms with Crippen molar-refractivity contribution in [3.8, 4) is 0 Å². The predicted molar refractivity (Wildman–Crippen MR) is 77.0 cm³/mol. The van der Waals surface area contributed by atoms with Gasteiger partial charge in [0.1, 0.15) is 6.04 Å². The molecule has 100 valence electrons. The van der Waals surface area contributed by atoms with E-state index in [9.17, 15) is 4.79 Å². The molecule has 18 heavy (non-hydrogen) atoms. The lowest BCUT2D eigenvalue weighted by Gasteiger charge is -2.22. The average Bonchev–Trinajstić information content (AvgIpc) is 2.37. The van der Waals surface area contributed by atoms with Gasteiger partial charge in [0.05, 0.1) is 0 Å². The molecule has 0 spiro atoms. The number of rotatable bonds is 5. The number of hydrogen-bond acceptors (Lipinski definition) is 2. The van der Waals surface area contributed by atoms with E-state index in [4.69, 9.17) is 0 Å². The number of nitrogens with zero attached hydrogens (tertiary/aromatic N) is 1. The molecule has 1 N–H and O–H groups in total. The van der Waals surface area contributed by atoms with E-state index in [2.05, 4.69) is 37.4 Å². The molecule has 0 saturated heterocycles. The Hall–Kier alpha value is -1.51. The summed E-state index contributed by atoms with van der Waals surface area (Å²) in [6, 6.07) is 6.13. The summed E-state index contributed by atoms with van der Waals surface area (Å²) in [5.41, 5.74) is 3.67. The van der Waals surface area contributed by atoms with Gasteiger partial charge in [0.15, 0.2) is 0 Å². The molecule has 0 aliphatic carbocycles. The lowest BCUT2D eigenvalue weighted by molar-refractivity contribution is -0.129. The molecule has 0 aliphatic heterocycles. The van der Waals surface area contributed by atoms with Gasteiger partial charge in [-0.25, -0.2) is 0 Å². The molecule has 1 amide bonds. The highest BCUT2D eigenvalue weighted by Crippen LogP contribution is 2.23. The molecule has 3 heteroatoms.